The van der Waals surface area contributed by atoms with Gasteiger partial charge in [0.1, 0.15) is 11.6 Å². The van der Waals surface area contributed by atoms with Crippen molar-refractivity contribution in [2.24, 2.45) is 23.5 Å². The van der Waals surface area contributed by atoms with E-state index < -0.39 is 0 Å². The van der Waals surface area contributed by atoms with E-state index in [9.17, 15) is 8.78 Å². The van der Waals surface area contributed by atoms with Crippen LogP contribution < -0.4 is 46.8 Å². The Kier molecular flexibility index (Phi) is 45.8. The summed E-state index contributed by atoms with van der Waals surface area (Å²) in [6.45, 7) is 19.5. The van der Waals surface area contributed by atoms with Gasteiger partial charge < -0.3 is 18.6 Å². The van der Waals surface area contributed by atoms with Crippen molar-refractivity contribution in [1.29, 1.82) is 0 Å². The van der Waals surface area contributed by atoms with E-state index >= 15 is 0 Å². The van der Waals surface area contributed by atoms with Crippen molar-refractivity contribution in [2.75, 3.05) is 11.5 Å². The summed E-state index contributed by atoms with van der Waals surface area (Å²) < 4.78 is 26.2. The molecule has 0 saturated heterocycles. The van der Waals surface area contributed by atoms with Crippen molar-refractivity contribution >= 4 is 49.6 Å². The van der Waals surface area contributed by atoms with Crippen LogP contribution in [0.2, 0.25) is 0 Å². The fraction of sp³-hybridized carbons (Fsp3) is 0.412. The number of hydrogen-bond acceptors (Lipinski definition) is 5. The molecule has 1 heterocycles. The number of nitrogens with zero attached hydrogens (tertiary/aromatic N) is 1. The summed E-state index contributed by atoms with van der Waals surface area (Å²) >= 11 is 6.17. The van der Waals surface area contributed by atoms with Crippen LogP contribution in [0.1, 0.15) is 76.7 Å². The third-order valence-electron chi connectivity index (χ3n) is 3.54. The number of halogens is 2. The number of fused-ring (bicyclic) bond motifs is 1. The predicted octanol–water partition coefficient (Wildman–Crippen LogP) is 7.68. The maximum Gasteiger partial charge on any atom is 1.00 e. The van der Waals surface area contributed by atoms with Gasteiger partial charge in [0, 0.05) is 81.9 Å². The number of hydrogen-bond donors (Lipinski definition) is 3. The summed E-state index contributed by atoms with van der Waals surface area (Å²) in [4.78, 5) is 4.42. The average molecular weight is 725 g/mol. The zero-order chi connectivity index (χ0) is 32.0. The number of thiazole rings is 1. The van der Waals surface area contributed by atoms with Gasteiger partial charge in [-0.25, -0.2) is 13.8 Å². The maximum absolute atomic E-state index is 12.8. The van der Waals surface area contributed by atoms with Crippen LogP contribution in [0.3, 0.4) is 0 Å². The number of rotatable bonds is 2. The SMILES string of the molecule is C.CC(C)C.CC(C)C.CC(C)C.NC(=S)Cc1ccccc1F.Nc1ccccc1F.Nc1nc2ccccc2s1.[Ar].[Ar].[H-].[Na+]. The van der Waals surface area contributed by atoms with Crippen LogP contribution in [0, 0.1) is 105 Å². The minimum absolute atomic E-state index is 0. The Morgan fingerprint density at radius 3 is 1.47 bits per heavy atom. The van der Waals surface area contributed by atoms with Crippen LogP contribution in [-0.2, 0) is 6.42 Å². The summed E-state index contributed by atoms with van der Waals surface area (Å²) in [5.74, 6) is 1.90. The molecule has 0 aliphatic heterocycles. The van der Waals surface area contributed by atoms with E-state index in [-0.39, 0.29) is 131 Å². The molecule has 0 fully saturated rings. The van der Waals surface area contributed by atoms with Gasteiger partial charge in [0.15, 0.2) is 5.13 Å². The second-order valence-corrected chi connectivity index (χ2v) is 12.6. The standard InChI is InChI=1S/C8H8FNS.C7H6N2S.C6H6FN.3C4H10.CH4.2Ar.Na.H/c9-7-4-2-1-3-6(7)5-8(10)11;8-7-9-5-3-1-2-4-6(5)10-7;7-5-3-1-2-4-6(5)8;3*1-4(2)3;;;;;/h1-4H,5H2,(H2,10,11);1-4H,(H2,8,9);1-4H,8H2;3*4H,1-3H3;1H4;;;;/q;;;;;;;;;+1;-1. The maximum atomic E-state index is 12.8. The molecule has 0 atom stereocenters. The molecule has 6 N–H and O–H groups in total. The predicted molar refractivity (Wildman–Crippen MR) is 191 cm³/mol. The van der Waals surface area contributed by atoms with Crippen molar-refractivity contribution in [1.82, 2.24) is 4.98 Å². The van der Waals surface area contributed by atoms with Crippen molar-refractivity contribution in [3.63, 3.8) is 0 Å². The van der Waals surface area contributed by atoms with Crippen molar-refractivity contribution in [2.45, 2.75) is 76.2 Å². The number of para-hydroxylation sites is 2. The molecule has 0 saturated carbocycles. The molecule has 4 aromatic rings. The van der Waals surface area contributed by atoms with Gasteiger partial charge in [-0.3, -0.25) is 0 Å². The van der Waals surface area contributed by atoms with E-state index in [1.54, 1.807) is 30.3 Å². The van der Waals surface area contributed by atoms with Crippen molar-refractivity contribution in [3.05, 3.63) is 90.0 Å². The van der Waals surface area contributed by atoms with Crippen molar-refractivity contribution in [3.8, 4) is 0 Å². The first kappa shape index (κ1) is 57.7. The molecule has 45 heavy (non-hydrogen) atoms. The molecule has 3 aromatic carbocycles. The number of thiocarbonyl (C=S) groups is 1. The molecule has 4 nitrogen and oxygen atoms in total. The number of nitrogen functional groups attached to an aromatic ring is 2. The first-order valence-corrected chi connectivity index (χ1v) is 14.9. The van der Waals surface area contributed by atoms with Gasteiger partial charge in [-0.1, -0.05) is 136 Å². The second-order valence-electron chi connectivity index (χ2n) is 11.0. The molecule has 4 rings (SSSR count). The van der Waals surface area contributed by atoms with E-state index in [0.717, 1.165) is 28.0 Å². The van der Waals surface area contributed by atoms with Gasteiger partial charge in [0.05, 0.1) is 20.9 Å². The summed E-state index contributed by atoms with van der Waals surface area (Å²) in [5, 5.41) is 0.640. The van der Waals surface area contributed by atoms with Crippen molar-refractivity contribution < 1.29 is 115 Å². The van der Waals surface area contributed by atoms with Gasteiger partial charge in [0.25, 0.3) is 0 Å². The van der Waals surface area contributed by atoms with Gasteiger partial charge in [0.2, 0.25) is 0 Å². The number of nitrogens with two attached hydrogens (primary N) is 3. The summed E-state index contributed by atoms with van der Waals surface area (Å²) in [5.41, 5.74) is 17.6. The Labute approximate surface area is 365 Å². The fourth-order valence-corrected chi connectivity index (χ4v) is 3.08. The zero-order valence-electron chi connectivity index (χ0n) is 28.8. The van der Waals surface area contributed by atoms with E-state index in [0.29, 0.717) is 22.1 Å². The molecule has 254 valence electrons. The first-order chi connectivity index (χ1) is 19.1. The smallest absolute Gasteiger partial charge is 1.00 e. The molecule has 0 unspecified atom stereocenters. The van der Waals surface area contributed by atoms with Crippen LogP contribution in [0.5, 0.6) is 0 Å². The molecule has 0 amide bonds. The Bertz CT molecular complexity index is 1170. The first-order valence-electron chi connectivity index (χ1n) is 13.7. The molecular weight excluding hydrogens is 669 g/mol. The summed E-state index contributed by atoms with van der Waals surface area (Å²) in [6, 6.07) is 20.5. The number of anilines is 2. The molecule has 0 aliphatic rings. The molecule has 0 aliphatic carbocycles. The monoisotopic (exact) mass is 724 g/mol. The van der Waals surface area contributed by atoms with Crippen LogP contribution in [0.4, 0.5) is 19.6 Å². The molecule has 0 radical (unpaired) electrons. The second kappa shape index (κ2) is 35.7. The van der Waals surface area contributed by atoms with E-state index in [1.807, 2.05) is 24.3 Å². The normalized spacial score (nSPS) is 8.67. The average Bonchev–Trinajstić information content (AvgIpc) is 3.22. The topological polar surface area (TPSA) is 91.0 Å². The van der Waals surface area contributed by atoms with E-state index in [1.165, 1.54) is 29.5 Å². The van der Waals surface area contributed by atoms with Gasteiger partial charge >= 0.3 is 29.6 Å². The van der Waals surface area contributed by atoms with Crippen LogP contribution in [0.25, 0.3) is 10.2 Å². The third kappa shape index (κ3) is 38.7. The number of aromatic nitrogens is 1. The molecule has 0 bridgehead atoms. The quantitative estimate of drug-likeness (QED) is 0.112. The fourth-order valence-electron chi connectivity index (χ4n) is 2.19. The van der Waals surface area contributed by atoms with Crippen LogP contribution >= 0.6 is 23.6 Å². The molecule has 1 aromatic heterocycles. The summed E-state index contributed by atoms with van der Waals surface area (Å²) in [7, 11) is 0. The Balaban J connectivity index is -0.0000000815. The van der Waals surface area contributed by atoms with Gasteiger partial charge in [-0.05, 0) is 53.6 Å². The van der Waals surface area contributed by atoms with Gasteiger partial charge in [-0.2, -0.15) is 0 Å². The van der Waals surface area contributed by atoms with Crippen LogP contribution in [0.15, 0.2) is 72.8 Å². The minimum Gasteiger partial charge on any atom is -1.00 e. The third-order valence-corrected chi connectivity index (χ3v) is 4.55. The largest absolute Gasteiger partial charge is 1.00 e. The summed E-state index contributed by atoms with van der Waals surface area (Å²) in [6.07, 6.45) is 0.335. The Morgan fingerprint density at radius 1 is 0.733 bits per heavy atom. The molecular formula is C34H55Ar2F2N4NaS2. The minimum atomic E-state index is -0.354. The zero-order valence-corrected chi connectivity index (χ0v) is 32.9. The number of benzene rings is 3. The van der Waals surface area contributed by atoms with E-state index in [2.05, 4.69) is 79.5 Å². The molecule has 11 heteroatoms. The Morgan fingerprint density at radius 2 is 1.11 bits per heavy atom. The van der Waals surface area contributed by atoms with Gasteiger partial charge in [-0.15, -0.1) is 0 Å². The van der Waals surface area contributed by atoms with Crippen LogP contribution in [-0.4, -0.2) is 9.97 Å². The Hall–Kier alpha value is 0.419. The van der Waals surface area contributed by atoms with E-state index in [4.69, 9.17) is 17.2 Å². The molecule has 0 spiro atoms.